The first-order valence-corrected chi connectivity index (χ1v) is 13.8. The highest BCUT2D eigenvalue weighted by atomic mass is 19.1. The molecule has 42 heavy (non-hydrogen) atoms. The lowest BCUT2D eigenvalue weighted by molar-refractivity contribution is 0.0697. The molecule has 0 unspecified atom stereocenters. The predicted octanol–water partition coefficient (Wildman–Crippen LogP) is 6.73. The van der Waals surface area contributed by atoms with E-state index < -0.39 is 11.8 Å². The number of nitrogens with zero attached hydrogens (tertiary/aromatic N) is 3. The van der Waals surface area contributed by atoms with E-state index in [9.17, 15) is 14.3 Å². The summed E-state index contributed by atoms with van der Waals surface area (Å²) >= 11 is 0. The Morgan fingerprint density at radius 3 is 2.62 bits per heavy atom. The van der Waals surface area contributed by atoms with Crippen molar-refractivity contribution in [2.75, 3.05) is 6.61 Å². The van der Waals surface area contributed by atoms with Crippen LogP contribution >= 0.6 is 0 Å². The number of ether oxygens (including phenoxy) is 2. The molecule has 9 heteroatoms. The fourth-order valence-electron chi connectivity index (χ4n) is 5.23. The van der Waals surface area contributed by atoms with Gasteiger partial charge in [-0.05, 0) is 67.3 Å². The van der Waals surface area contributed by atoms with Crippen LogP contribution in [0.3, 0.4) is 0 Å². The molecule has 0 bridgehead atoms. The Kier molecular flexibility index (Phi) is 7.67. The van der Waals surface area contributed by atoms with E-state index >= 15 is 4.39 Å². The van der Waals surface area contributed by atoms with Gasteiger partial charge >= 0.3 is 5.97 Å². The number of imidazole rings is 1. The third-order valence-corrected chi connectivity index (χ3v) is 7.49. The van der Waals surface area contributed by atoms with Gasteiger partial charge in [-0.3, -0.25) is 0 Å². The van der Waals surface area contributed by atoms with Crippen molar-refractivity contribution < 1.29 is 28.2 Å². The number of fused-ring (bicyclic) bond motifs is 1. The molecule has 3 aromatic carbocycles. The first-order chi connectivity index (χ1) is 20.3. The van der Waals surface area contributed by atoms with E-state index in [1.165, 1.54) is 18.2 Å². The fourth-order valence-corrected chi connectivity index (χ4v) is 5.23. The molecule has 1 N–H and O–H groups in total. The van der Waals surface area contributed by atoms with Crippen LogP contribution in [0.5, 0.6) is 5.88 Å². The van der Waals surface area contributed by atoms with Crippen LogP contribution in [0.4, 0.5) is 8.78 Å². The van der Waals surface area contributed by atoms with Gasteiger partial charge in [-0.1, -0.05) is 30.3 Å². The standard InChI is InChI=1S/C33H29F2N3O4/c1-20-7-8-24(26(34)14-20)19-42-32-6-2-5-28(37-32)22-10-9-21(27(35)15-22)17-31-36-29-12-11-23(33(39)40)16-30(29)38(31)18-25-4-3-13-41-25/h2,5-12,14-16,25H,3-4,13,17-19H2,1H3,(H,39,40)/t25-/m0/s1. The number of rotatable bonds is 9. The van der Waals surface area contributed by atoms with Crippen molar-refractivity contribution in [3.8, 4) is 17.1 Å². The Bertz CT molecular complexity index is 1780. The number of pyridine rings is 1. The topological polar surface area (TPSA) is 86.5 Å². The van der Waals surface area contributed by atoms with Crippen LogP contribution in [0.25, 0.3) is 22.3 Å². The molecule has 3 heterocycles. The molecule has 1 saturated heterocycles. The molecule has 0 radical (unpaired) electrons. The summed E-state index contributed by atoms with van der Waals surface area (Å²) in [5, 5.41) is 9.51. The number of aromatic nitrogens is 3. The summed E-state index contributed by atoms with van der Waals surface area (Å²) < 4.78 is 43.2. The second kappa shape index (κ2) is 11.7. The van der Waals surface area contributed by atoms with Gasteiger partial charge in [0, 0.05) is 30.2 Å². The molecule has 214 valence electrons. The molecule has 1 atom stereocenters. The largest absolute Gasteiger partial charge is 0.478 e. The van der Waals surface area contributed by atoms with Crippen molar-refractivity contribution in [3.63, 3.8) is 0 Å². The van der Waals surface area contributed by atoms with Crippen molar-refractivity contribution in [1.29, 1.82) is 0 Å². The highest BCUT2D eigenvalue weighted by molar-refractivity contribution is 5.92. The zero-order chi connectivity index (χ0) is 29.2. The minimum Gasteiger partial charge on any atom is -0.478 e. The number of aromatic carboxylic acids is 1. The number of hydrogen-bond acceptors (Lipinski definition) is 5. The third kappa shape index (κ3) is 5.87. The van der Waals surface area contributed by atoms with Gasteiger partial charge in [0.05, 0.1) is 34.9 Å². The molecule has 6 rings (SSSR count). The third-order valence-electron chi connectivity index (χ3n) is 7.49. The number of benzene rings is 3. The summed E-state index contributed by atoms with van der Waals surface area (Å²) in [5.74, 6) is -0.831. The number of carboxylic acids is 1. The Hall–Kier alpha value is -4.63. The van der Waals surface area contributed by atoms with Crippen molar-refractivity contribution in [2.45, 2.75) is 45.4 Å². The van der Waals surface area contributed by atoms with Crippen molar-refractivity contribution in [3.05, 3.63) is 113 Å². The number of carboxylic acid groups (broad SMARTS) is 1. The fraction of sp³-hybridized carbons (Fsp3) is 0.242. The van der Waals surface area contributed by atoms with Crippen LogP contribution < -0.4 is 4.74 Å². The van der Waals surface area contributed by atoms with Gasteiger partial charge in [-0.15, -0.1) is 0 Å². The van der Waals surface area contributed by atoms with Gasteiger partial charge in [0.2, 0.25) is 5.88 Å². The summed E-state index contributed by atoms with van der Waals surface area (Å²) in [6, 6.07) is 19.9. The van der Waals surface area contributed by atoms with Crippen LogP contribution in [0.2, 0.25) is 0 Å². The number of halogens is 2. The predicted molar refractivity (Wildman–Crippen MR) is 154 cm³/mol. The van der Waals surface area contributed by atoms with Crippen molar-refractivity contribution in [2.24, 2.45) is 0 Å². The molecular weight excluding hydrogens is 540 g/mol. The van der Waals surface area contributed by atoms with Crippen LogP contribution in [0.15, 0.2) is 72.8 Å². The molecule has 2 aromatic heterocycles. The van der Waals surface area contributed by atoms with Gasteiger partial charge in [0.15, 0.2) is 0 Å². The summed E-state index contributed by atoms with van der Waals surface area (Å²) in [4.78, 5) is 20.8. The quantitative estimate of drug-likeness (QED) is 0.212. The zero-order valence-electron chi connectivity index (χ0n) is 23.0. The van der Waals surface area contributed by atoms with E-state index in [1.807, 2.05) is 17.6 Å². The van der Waals surface area contributed by atoms with Gasteiger partial charge in [0.25, 0.3) is 0 Å². The molecule has 0 saturated carbocycles. The maximum atomic E-state index is 15.5. The zero-order valence-corrected chi connectivity index (χ0v) is 23.0. The van der Waals surface area contributed by atoms with Crippen LogP contribution in [-0.4, -0.2) is 38.3 Å². The van der Waals surface area contributed by atoms with Gasteiger partial charge in [-0.2, -0.15) is 0 Å². The van der Waals surface area contributed by atoms with E-state index in [0.29, 0.717) is 58.3 Å². The Labute approximate surface area is 241 Å². The smallest absolute Gasteiger partial charge is 0.335 e. The van der Waals surface area contributed by atoms with Gasteiger partial charge in [-0.25, -0.2) is 23.5 Å². The Balaban J connectivity index is 1.24. The second-order valence-corrected chi connectivity index (χ2v) is 10.5. The molecule has 0 amide bonds. The minimum absolute atomic E-state index is 0.00933. The number of hydrogen-bond donors (Lipinski definition) is 1. The molecule has 1 aliphatic heterocycles. The van der Waals surface area contributed by atoms with E-state index in [-0.39, 0.29) is 30.5 Å². The van der Waals surface area contributed by atoms with Gasteiger partial charge in [0.1, 0.15) is 24.1 Å². The molecule has 0 spiro atoms. The first-order valence-electron chi connectivity index (χ1n) is 13.8. The highest BCUT2D eigenvalue weighted by Crippen LogP contribution is 2.27. The normalized spacial score (nSPS) is 14.9. The van der Waals surface area contributed by atoms with Crippen LogP contribution in [0.1, 0.15) is 45.7 Å². The van der Waals surface area contributed by atoms with Crippen LogP contribution in [-0.2, 0) is 24.3 Å². The lowest BCUT2D eigenvalue weighted by Crippen LogP contribution is -2.17. The maximum Gasteiger partial charge on any atom is 0.335 e. The Morgan fingerprint density at radius 1 is 1.02 bits per heavy atom. The number of carbonyl (C=O) groups is 1. The summed E-state index contributed by atoms with van der Waals surface area (Å²) in [7, 11) is 0. The minimum atomic E-state index is -1.02. The molecule has 0 aliphatic carbocycles. The average Bonchev–Trinajstić information content (AvgIpc) is 3.61. The second-order valence-electron chi connectivity index (χ2n) is 10.5. The van der Waals surface area contributed by atoms with E-state index in [4.69, 9.17) is 14.5 Å². The van der Waals surface area contributed by atoms with E-state index in [1.54, 1.807) is 48.5 Å². The lowest BCUT2D eigenvalue weighted by atomic mass is 10.1. The first kappa shape index (κ1) is 27.5. The molecule has 5 aromatic rings. The van der Waals surface area contributed by atoms with E-state index in [2.05, 4.69) is 4.98 Å². The van der Waals surface area contributed by atoms with Crippen molar-refractivity contribution >= 4 is 17.0 Å². The molecule has 1 aliphatic rings. The SMILES string of the molecule is Cc1ccc(COc2cccc(-c3ccc(Cc4nc5ccc(C(=O)O)cc5n4C[C@@H]4CCCO4)c(F)c3)n2)c(F)c1. The summed E-state index contributed by atoms with van der Waals surface area (Å²) in [5.41, 5.74) is 4.29. The molecule has 7 nitrogen and oxygen atoms in total. The monoisotopic (exact) mass is 569 g/mol. The Morgan fingerprint density at radius 2 is 1.86 bits per heavy atom. The molecule has 1 fully saturated rings. The maximum absolute atomic E-state index is 15.5. The van der Waals surface area contributed by atoms with Crippen molar-refractivity contribution in [1.82, 2.24) is 14.5 Å². The summed E-state index contributed by atoms with van der Waals surface area (Å²) in [6.45, 7) is 3.04. The highest BCUT2D eigenvalue weighted by Gasteiger charge is 2.21. The number of aryl methyl sites for hydroxylation is 1. The van der Waals surface area contributed by atoms with Gasteiger partial charge < -0.3 is 19.1 Å². The molecular formula is C33H29F2N3O4. The summed E-state index contributed by atoms with van der Waals surface area (Å²) in [6.07, 6.45) is 2.07. The lowest BCUT2D eigenvalue weighted by Gasteiger charge is -2.15. The van der Waals surface area contributed by atoms with E-state index in [0.717, 1.165) is 18.4 Å². The average molecular weight is 570 g/mol. The van der Waals surface area contributed by atoms with Crippen LogP contribution in [0, 0.1) is 18.6 Å².